The van der Waals surface area contributed by atoms with Gasteiger partial charge in [-0.2, -0.15) is 0 Å². The molecule has 0 spiro atoms. The van der Waals surface area contributed by atoms with E-state index in [9.17, 15) is 9.18 Å². The summed E-state index contributed by atoms with van der Waals surface area (Å²) in [6.45, 7) is 6.08. The number of anilines is 1. The molecule has 1 amide bonds. The molecule has 1 N–H and O–H groups in total. The minimum Gasteiger partial charge on any atom is -0.469 e. The first kappa shape index (κ1) is 19.4. The van der Waals surface area contributed by atoms with Gasteiger partial charge >= 0.3 is 0 Å². The molecule has 2 aromatic heterocycles. The number of nitrogens with one attached hydrogen (secondary N) is 1. The zero-order valence-electron chi connectivity index (χ0n) is 14.4. The van der Waals surface area contributed by atoms with Crippen molar-refractivity contribution in [2.45, 2.75) is 18.6 Å². The zero-order chi connectivity index (χ0) is 19.4. The van der Waals surface area contributed by atoms with Crippen molar-refractivity contribution >= 4 is 39.3 Å². The Morgan fingerprint density at radius 2 is 2.26 bits per heavy atom. The van der Waals surface area contributed by atoms with E-state index in [0.29, 0.717) is 22.0 Å². The van der Waals surface area contributed by atoms with Crippen LogP contribution in [-0.2, 0) is 11.3 Å². The molecule has 0 saturated carbocycles. The first-order valence-corrected chi connectivity index (χ1v) is 9.73. The number of allylic oxidation sites excluding steroid dienone is 1. The average Bonchev–Trinajstić information content (AvgIpc) is 3.22. The van der Waals surface area contributed by atoms with E-state index in [1.165, 1.54) is 23.9 Å². The summed E-state index contributed by atoms with van der Waals surface area (Å²) in [5.74, 6) is 0.594. The lowest BCUT2D eigenvalue weighted by Crippen LogP contribution is -2.15. The maximum absolute atomic E-state index is 13.8. The number of aromatic nitrogens is 3. The Kier molecular flexibility index (Phi) is 6.12. The Morgan fingerprint density at radius 1 is 1.44 bits per heavy atom. The molecule has 9 heteroatoms. The van der Waals surface area contributed by atoms with Gasteiger partial charge in [0.05, 0.1) is 23.3 Å². The molecular formula is C18H16BrFN4O2S. The number of rotatable bonds is 7. The van der Waals surface area contributed by atoms with E-state index in [4.69, 9.17) is 4.42 Å². The summed E-state index contributed by atoms with van der Waals surface area (Å²) in [7, 11) is 0. The van der Waals surface area contributed by atoms with E-state index in [2.05, 4.69) is 38.0 Å². The van der Waals surface area contributed by atoms with Crippen LogP contribution in [0.25, 0.3) is 11.4 Å². The van der Waals surface area contributed by atoms with Crippen molar-refractivity contribution in [1.82, 2.24) is 14.8 Å². The molecule has 6 nitrogen and oxygen atoms in total. The molecule has 0 unspecified atom stereocenters. The fourth-order valence-electron chi connectivity index (χ4n) is 2.41. The van der Waals surface area contributed by atoms with Crippen LogP contribution in [0.2, 0.25) is 0 Å². The van der Waals surface area contributed by atoms with Gasteiger partial charge in [-0.25, -0.2) is 4.39 Å². The van der Waals surface area contributed by atoms with Crippen molar-refractivity contribution in [3.8, 4) is 11.4 Å². The number of halogens is 2. The standard InChI is InChI=1S/C18H16BrFN4O2S/c1-3-7-24-17(13-6-8-26-11(13)2)22-23-18(24)27-10-16(25)21-15-5-4-12(19)9-14(15)20/h3-6,8-9H,1,7,10H2,2H3,(H,21,25). The second-order valence-electron chi connectivity index (χ2n) is 5.56. The van der Waals surface area contributed by atoms with E-state index in [1.807, 2.05) is 17.6 Å². The number of hydrogen-bond donors (Lipinski definition) is 1. The number of thioether (sulfide) groups is 1. The molecule has 0 aliphatic carbocycles. The van der Waals surface area contributed by atoms with Crippen molar-refractivity contribution < 1.29 is 13.6 Å². The molecule has 0 radical (unpaired) electrons. The van der Waals surface area contributed by atoms with Crippen LogP contribution in [0, 0.1) is 12.7 Å². The highest BCUT2D eigenvalue weighted by atomic mass is 79.9. The van der Waals surface area contributed by atoms with Gasteiger partial charge in [0, 0.05) is 11.0 Å². The van der Waals surface area contributed by atoms with Gasteiger partial charge in [0.1, 0.15) is 11.6 Å². The van der Waals surface area contributed by atoms with Crippen LogP contribution >= 0.6 is 27.7 Å². The summed E-state index contributed by atoms with van der Waals surface area (Å²) >= 11 is 4.40. The maximum Gasteiger partial charge on any atom is 0.234 e. The Labute approximate surface area is 168 Å². The topological polar surface area (TPSA) is 73.0 Å². The van der Waals surface area contributed by atoms with Gasteiger partial charge in [-0.1, -0.05) is 33.8 Å². The SMILES string of the molecule is C=CCn1c(SCC(=O)Nc2ccc(Br)cc2F)nnc1-c1ccoc1C. The monoisotopic (exact) mass is 450 g/mol. The summed E-state index contributed by atoms with van der Waals surface area (Å²) in [4.78, 5) is 12.2. The summed E-state index contributed by atoms with van der Waals surface area (Å²) in [6, 6.07) is 6.27. The molecule has 0 aliphatic rings. The zero-order valence-corrected chi connectivity index (χ0v) is 16.8. The number of nitrogens with zero attached hydrogens (tertiary/aromatic N) is 3. The second kappa shape index (κ2) is 8.53. The average molecular weight is 451 g/mol. The highest BCUT2D eigenvalue weighted by molar-refractivity contribution is 9.10. The third kappa shape index (κ3) is 4.48. The molecule has 0 atom stereocenters. The highest BCUT2D eigenvalue weighted by Gasteiger charge is 2.18. The van der Waals surface area contributed by atoms with Gasteiger partial charge in [-0.3, -0.25) is 9.36 Å². The predicted octanol–water partition coefficient (Wildman–Crippen LogP) is 4.66. The van der Waals surface area contributed by atoms with Gasteiger partial charge in [-0.05, 0) is 31.2 Å². The van der Waals surface area contributed by atoms with Crippen molar-refractivity contribution in [2.24, 2.45) is 0 Å². The Bertz CT molecular complexity index is 986. The van der Waals surface area contributed by atoms with Crippen molar-refractivity contribution in [2.75, 3.05) is 11.1 Å². The lowest BCUT2D eigenvalue weighted by molar-refractivity contribution is -0.113. The Hall–Kier alpha value is -2.39. The first-order chi connectivity index (χ1) is 13.0. The van der Waals surface area contributed by atoms with Crippen LogP contribution in [-0.4, -0.2) is 26.4 Å². The Morgan fingerprint density at radius 3 is 2.93 bits per heavy atom. The largest absolute Gasteiger partial charge is 0.469 e. The number of hydrogen-bond acceptors (Lipinski definition) is 5. The molecule has 0 aliphatic heterocycles. The van der Waals surface area contributed by atoms with Crippen LogP contribution in [0.3, 0.4) is 0 Å². The van der Waals surface area contributed by atoms with Gasteiger partial charge in [0.2, 0.25) is 5.91 Å². The summed E-state index contributed by atoms with van der Waals surface area (Å²) in [5, 5.41) is 11.5. The van der Waals surface area contributed by atoms with E-state index >= 15 is 0 Å². The molecule has 0 bridgehead atoms. The van der Waals surface area contributed by atoms with Crippen LogP contribution in [0.4, 0.5) is 10.1 Å². The first-order valence-electron chi connectivity index (χ1n) is 7.96. The lowest BCUT2D eigenvalue weighted by atomic mass is 10.2. The molecule has 3 aromatic rings. The fraction of sp³-hybridized carbons (Fsp3) is 0.167. The minimum atomic E-state index is -0.504. The maximum atomic E-state index is 13.8. The molecule has 140 valence electrons. The molecule has 2 heterocycles. The van der Waals surface area contributed by atoms with Gasteiger partial charge in [0.25, 0.3) is 0 Å². The summed E-state index contributed by atoms with van der Waals surface area (Å²) < 4.78 is 21.6. The number of benzene rings is 1. The molecule has 27 heavy (non-hydrogen) atoms. The third-order valence-electron chi connectivity index (χ3n) is 3.67. The number of carbonyl (C=O) groups is 1. The van der Waals surface area contributed by atoms with Crippen LogP contribution in [0.5, 0.6) is 0 Å². The Balaban J connectivity index is 1.72. The van der Waals surface area contributed by atoms with Crippen molar-refractivity contribution in [1.29, 1.82) is 0 Å². The van der Waals surface area contributed by atoms with E-state index in [0.717, 1.165) is 11.3 Å². The van der Waals surface area contributed by atoms with Crippen LogP contribution < -0.4 is 5.32 Å². The van der Waals surface area contributed by atoms with E-state index < -0.39 is 5.82 Å². The third-order valence-corrected chi connectivity index (χ3v) is 5.13. The molecule has 3 rings (SSSR count). The lowest BCUT2D eigenvalue weighted by Gasteiger charge is -2.08. The number of amides is 1. The quantitative estimate of drug-likeness (QED) is 0.418. The van der Waals surface area contributed by atoms with E-state index in [-0.39, 0.29) is 17.3 Å². The summed E-state index contributed by atoms with van der Waals surface area (Å²) in [5.41, 5.74) is 0.962. The van der Waals surface area contributed by atoms with Crippen LogP contribution in [0.15, 0.2) is 57.2 Å². The van der Waals surface area contributed by atoms with Gasteiger partial charge in [-0.15, -0.1) is 16.8 Å². The highest BCUT2D eigenvalue weighted by Crippen LogP contribution is 2.27. The number of carbonyl (C=O) groups excluding carboxylic acids is 1. The summed E-state index contributed by atoms with van der Waals surface area (Å²) in [6.07, 6.45) is 3.31. The normalized spacial score (nSPS) is 10.8. The molecule has 1 aromatic carbocycles. The predicted molar refractivity (Wildman–Crippen MR) is 106 cm³/mol. The molecule has 0 saturated heterocycles. The van der Waals surface area contributed by atoms with Crippen LogP contribution in [0.1, 0.15) is 5.76 Å². The minimum absolute atomic E-state index is 0.0646. The van der Waals surface area contributed by atoms with E-state index in [1.54, 1.807) is 18.4 Å². The molecular weight excluding hydrogens is 435 g/mol. The van der Waals surface area contributed by atoms with Crippen molar-refractivity contribution in [3.63, 3.8) is 0 Å². The van der Waals surface area contributed by atoms with Crippen molar-refractivity contribution in [3.05, 3.63) is 59.2 Å². The number of furan rings is 1. The van der Waals surface area contributed by atoms with Gasteiger partial charge < -0.3 is 9.73 Å². The van der Waals surface area contributed by atoms with Gasteiger partial charge in [0.15, 0.2) is 11.0 Å². The molecule has 0 fully saturated rings. The fourth-order valence-corrected chi connectivity index (χ4v) is 3.49. The smallest absolute Gasteiger partial charge is 0.234 e. The second-order valence-corrected chi connectivity index (χ2v) is 7.42. The number of aryl methyl sites for hydroxylation is 1.